The first-order valence-electron chi connectivity index (χ1n) is 5.55. The number of benzene rings is 1. The summed E-state index contributed by atoms with van der Waals surface area (Å²) in [5.74, 6) is 1.02. The molecule has 1 aromatic heterocycles. The van der Waals surface area contributed by atoms with Crippen molar-refractivity contribution in [3.05, 3.63) is 33.0 Å². The van der Waals surface area contributed by atoms with Crippen molar-refractivity contribution in [3.63, 3.8) is 0 Å². The molecular formula is C12H11Br2ClN2O. The molecule has 1 aromatic carbocycles. The Morgan fingerprint density at radius 3 is 2.83 bits per heavy atom. The van der Waals surface area contributed by atoms with Gasteiger partial charge in [0.2, 0.25) is 0 Å². The van der Waals surface area contributed by atoms with E-state index in [4.69, 9.17) is 16.1 Å². The van der Waals surface area contributed by atoms with E-state index in [0.29, 0.717) is 11.7 Å². The summed E-state index contributed by atoms with van der Waals surface area (Å²) < 4.78 is 7.13. The third-order valence-electron chi connectivity index (χ3n) is 2.43. The highest BCUT2D eigenvalue weighted by Crippen LogP contribution is 2.31. The third-order valence-corrected chi connectivity index (χ3v) is 3.99. The third kappa shape index (κ3) is 3.13. The van der Waals surface area contributed by atoms with Crippen LogP contribution in [0.25, 0.3) is 11.5 Å². The lowest BCUT2D eigenvalue weighted by atomic mass is 10.2. The smallest absolute Gasteiger partial charge is 0.259 e. The first kappa shape index (κ1) is 14.0. The quantitative estimate of drug-likeness (QED) is 0.657. The normalized spacial score (nSPS) is 12.7. The Balaban J connectivity index is 2.29. The van der Waals surface area contributed by atoms with Gasteiger partial charge >= 0.3 is 0 Å². The molecule has 18 heavy (non-hydrogen) atoms. The number of aromatic nitrogens is 2. The molecule has 0 N–H and O–H groups in total. The molecule has 1 unspecified atom stereocenters. The zero-order valence-corrected chi connectivity index (χ0v) is 13.6. The van der Waals surface area contributed by atoms with Gasteiger partial charge in [-0.2, -0.15) is 4.98 Å². The summed E-state index contributed by atoms with van der Waals surface area (Å²) in [4.78, 5) is 4.33. The van der Waals surface area contributed by atoms with Crippen LogP contribution in [0.15, 0.2) is 31.7 Å². The van der Waals surface area contributed by atoms with Crippen LogP contribution in [-0.4, -0.2) is 10.1 Å². The van der Waals surface area contributed by atoms with Crippen molar-refractivity contribution in [2.45, 2.75) is 25.1 Å². The molecule has 1 atom stereocenters. The van der Waals surface area contributed by atoms with E-state index in [2.05, 4.69) is 48.9 Å². The lowest BCUT2D eigenvalue weighted by Gasteiger charge is -2.00. The standard InChI is InChI=1S/C12H11Br2ClN2O/c1-2-3-10(15)11-16-12(18-17-11)8-5-4-7(13)6-9(8)14/h4-6,10H,2-3H2,1H3. The number of alkyl halides is 1. The van der Waals surface area contributed by atoms with Gasteiger partial charge in [0.05, 0.1) is 10.9 Å². The van der Waals surface area contributed by atoms with Gasteiger partial charge in [0.25, 0.3) is 5.89 Å². The van der Waals surface area contributed by atoms with E-state index in [-0.39, 0.29) is 5.38 Å². The molecule has 0 amide bonds. The molecule has 6 heteroatoms. The van der Waals surface area contributed by atoms with E-state index in [1.165, 1.54) is 0 Å². The molecule has 0 saturated heterocycles. The molecule has 3 nitrogen and oxygen atoms in total. The van der Waals surface area contributed by atoms with Gasteiger partial charge in [-0.3, -0.25) is 0 Å². The highest BCUT2D eigenvalue weighted by molar-refractivity contribution is 9.11. The van der Waals surface area contributed by atoms with Crippen molar-refractivity contribution in [1.82, 2.24) is 10.1 Å². The van der Waals surface area contributed by atoms with Gasteiger partial charge in [0.15, 0.2) is 5.82 Å². The molecule has 0 bridgehead atoms. The van der Waals surface area contributed by atoms with Crippen molar-refractivity contribution >= 4 is 43.5 Å². The topological polar surface area (TPSA) is 38.9 Å². The van der Waals surface area contributed by atoms with Gasteiger partial charge < -0.3 is 4.52 Å². The number of hydrogen-bond acceptors (Lipinski definition) is 3. The van der Waals surface area contributed by atoms with Crippen LogP contribution >= 0.6 is 43.5 Å². The molecule has 96 valence electrons. The largest absolute Gasteiger partial charge is 0.334 e. The van der Waals surface area contributed by atoms with Gasteiger partial charge in [0, 0.05) is 8.95 Å². The fourth-order valence-electron chi connectivity index (χ4n) is 1.52. The van der Waals surface area contributed by atoms with Crippen molar-refractivity contribution in [2.24, 2.45) is 0 Å². The Kier molecular flexibility index (Phi) is 4.81. The molecule has 0 fully saturated rings. The zero-order chi connectivity index (χ0) is 13.1. The van der Waals surface area contributed by atoms with Crippen molar-refractivity contribution in [3.8, 4) is 11.5 Å². The van der Waals surface area contributed by atoms with Crippen molar-refractivity contribution < 1.29 is 4.52 Å². The summed E-state index contributed by atoms with van der Waals surface area (Å²) in [6.07, 6.45) is 1.82. The van der Waals surface area contributed by atoms with Crippen LogP contribution < -0.4 is 0 Å². The average molecular weight is 394 g/mol. The molecule has 1 heterocycles. The van der Waals surface area contributed by atoms with E-state index >= 15 is 0 Å². The van der Waals surface area contributed by atoms with Gasteiger partial charge in [0.1, 0.15) is 0 Å². The van der Waals surface area contributed by atoms with E-state index in [9.17, 15) is 0 Å². The number of nitrogens with zero attached hydrogens (tertiary/aromatic N) is 2. The Hall–Kier alpha value is -0.390. The molecular weight excluding hydrogens is 383 g/mol. The molecule has 0 aliphatic carbocycles. The Morgan fingerprint density at radius 2 is 2.17 bits per heavy atom. The van der Waals surface area contributed by atoms with Crippen LogP contribution in [0.4, 0.5) is 0 Å². The first-order valence-corrected chi connectivity index (χ1v) is 7.57. The van der Waals surface area contributed by atoms with Crippen LogP contribution in [0.1, 0.15) is 31.0 Å². The lowest BCUT2D eigenvalue weighted by molar-refractivity contribution is 0.420. The Labute approximate surface area is 127 Å². The summed E-state index contributed by atoms with van der Waals surface area (Å²) in [5, 5.41) is 3.73. The van der Waals surface area contributed by atoms with Gasteiger partial charge in [-0.15, -0.1) is 11.6 Å². The average Bonchev–Trinajstić information content (AvgIpc) is 2.78. The molecule has 2 aromatic rings. The summed E-state index contributed by atoms with van der Waals surface area (Å²) in [5.41, 5.74) is 0.859. The first-order chi connectivity index (χ1) is 8.61. The minimum atomic E-state index is -0.193. The molecule has 0 saturated carbocycles. The highest BCUT2D eigenvalue weighted by atomic mass is 79.9. The second-order valence-corrected chi connectivity index (χ2v) is 6.13. The Bertz CT molecular complexity index is 545. The minimum Gasteiger partial charge on any atom is -0.334 e. The van der Waals surface area contributed by atoms with Gasteiger partial charge in [-0.05, 0) is 40.5 Å². The molecule has 0 aliphatic rings. The molecule has 2 rings (SSSR count). The maximum Gasteiger partial charge on any atom is 0.259 e. The maximum absolute atomic E-state index is 6.17. The van der Waals surface area contributed by atoms with Crippen LogP contribution in [0.2, 0.25) is 0 Å². The van der Waals surface area contributed by atoms with Crippen molar-refractivity contribution in [1.29, 1.82) is 0 Å². The summed E-state index contributed by atoms with van der Waals surface area (Å²) in [7, 11) is 0. The second kappa shape index (κ2) is 6.17. The number of rotatable bonds is 4. The number of hydrogen-bond donors (Lipinski definition) is 0. The van der Waals surface area contributed by atoms with Crippen LogP contribution in [0, 0.1) is 0 Å². The zero-order valence-electron chi connectivity index (χ0n) is 9.66. The fraction of sp³-hybridized carbons (Fsp3) is 0.333. The summed E-state index contributed by atoms with van der Waals surface area (Å²) in [6.45, 7) is 2.07. The van der Waals surface area contributed by atoms with E-state index < -0.39 is 0 Å². The monoisotopic (exact) mass is 392 g/mol. The van der Waals surface area contributed by atoms with Gasteiger partial charge in [-0.25, -0.2) is 0 Å². The van der Waals surface area contributed by atoms with E-state index in [1.807, 2.05) is 18.2 Å². The van der Waals surface area contributed by atoms with Crippen LogP contribution in [0.3, 0.4) is 0 Å². The van der Waals surface area contributed by atoms with E-state index in [1.54, 1.807) is 0 Å². The lowest BCUT2D eigenvalue weighted by Crippen LogP contribution is -1.92. The molecule has 0 radical (unpaired) electrons. The summed E-state index contributed by atoms with van der Waals surface area (Å²) >= 11 is 13.0. The second-order valence-electron chi connectivity index (χ2n) is 3.84. The molecule has 0 aliphatic heterocycles. The summed E-state index contributed by atoms with van der Waals surface area (Å²) in [6, 6.07) is 5.77. The minimum absolute atomic E-state index is 0.193. The fourth-order valence-corrected chi connectivity index (χ4v) is 3.04. The maximum atomic E-state index is 6.17. The van der Waals surface area contributed by atoms with Crippen molar-refractivity contribution in [2.75, 3.05) is 0 Å². The highest BCUT2D eigenvalue weighted by Gasteiger charge is 2.17. The Morgan fingerprint density at radius 1 is 1.39 bits per heavy atom. The van der Waals surface area contributed by atoms with E-state index in [0.717, 1.165) is 27.4 Å². The SMILES string of the molecule is CCCC(Cl)c1noc(-c2ccc(Br)cc2Br)n1. The van der Waals surface area contributed by atoms with Crippen LogP contribution in [0.5, 0.6) is 0 Å². The predicted molar refractivity (Wildman–Crippen MR) is 78.6 cm³/mol. The van der Waals surface area contributed by atoms with Crippen LogP contribution in [-0.2, 0) is 0 Å². The molecule has 0 spiro atoms. The van der Waals surface area contributed by atoms with Gasteiger partial charge in [-0.1, -0.05) is 34.4 Å². The predicted octanol–water partition coefficient (Wildman–Crippen LogP) is 5.34. The number of halogens is 3.